The number of hydrogen-bond acceptors (Lipinski definition) is 1. The molecule has 0 unspecified atom stereocenters. The van der Waals surface area contributed by atoms with Crippen molar-refractivity contribution in [1.29, 1.82) is 0 Å². The van der Waals surface area contributed by atoms with Crippen molar-refractivity contribution in [2.45, 2.75) is 118 Å². The van der Waals surface area contributed by atoms with Gasteiger partial charge < -0.3 is 5.11 Å². The molecular weight excluding hydrogens is 364 g/mol. The van der Waals surface area contributed by atoms with E-state index in [1.807, 2.05) is 5.57 Å². The molecule has 4 saturated carbocycles. The highest BCUT2D eigenvalue weighted by Gasteiger charge is 2.75. The average molecular weight is 413 g/mol. The summed E-state index contributed by atoms with van der Waals surface area (Å²) < 4.78 is 0. The first-order valence-corrected chi connectivity index (χ1v) is 13.5. The minimum Gasteiger partial charge on any atom is -0.393 e. The van der Waals surface area contributed by atoms with Crippen LogP contribution >= 0.6 is 0 Å². The summed E-state index contributed by atoms with van der Waals surface area (Å²) in [5.41, 5.74) is 3.88. The molecule has 0 aromatic rings. The summed E-state index contributed by atoms with van der Waals surface area (Å²) in [7, 11) is 0. The Morgan fingerprint density at radius 1 is 0.967 bits per heavy atom. The van der Waals surface area contributed by atoms with Crippen molar-refractivity contribution in [3.8, 4) is 0 Å². The van der Waals surface area contributed by atoms with Gasteiger partial charge in [-0.3, -0.25) is 0 Å². The van der Waals surface area contributed by atoms with Crippen molar-refractivity contribution in [2.24, 2.45) is 51.2 Å². The Bertz CT molecular complexity index is 718. The molecule has 4 fully saturated rings. The summed E-state index contributed by atoms with van der Waals surface area (Å²) in [6.07, 6.45) is 17.4. The largest absolute Gasteiger partial charge is 0.393 e. The standard InChI is InChI=1S/C29H48O/c1-19(2)20(3)7-8-21(4)23-10-13-27(6)24-12-15-28-17-22(30)9-16-29(28,18-28)25(24)11-14-26(23,27)5/h11,19-24,30H,7-10,12-18H2,1-6H3/t20-,21+,22-,23+,24+,26+,27-,28+,29-/m0/s1. The first-order chi connectivity index (χ1) is 14.1. The maximum Gasteiger partial charge on any atom is 0.0546 e. The molecule has 0 aromatic heterocycles. The van der Waals surface area contributed by atoms with Crippen LogP contribution in [0.25, 0.3) is 0 Å². The highest BCUT2D eigenvalue weighted by Crippen LogP contribution is 2.83. The Hall–Kier alpha value is -0.300. The van der Waals surface area contributed by atoms with E-state index in [9.17, 15) is 5.11 Å². The fourth-order valence-electron chi connectivity index (χ4n) is 9.75. The van der Waals surface area contributed by atoms with Crippen LogP contribution in [0.4, 0.5) is 0 Å². The zero-order chi connectivity index (χ0) is 21.5. The Kier molecular flexibility index (Phi) is 4.92. The summed E-state index contributed by atoms with van der Waals surface area (Å²) in [4.78, 5) is 0. The Morgan fingerprint density at radius 3 is 2.47 bits per heavy atom. The molecule has 5 aliphatic carbocycles. The van der Waals surface area contributed by atoms with Crippen LogP contribution in [0.2, 0.25) is 0 Å². The van der Waals surface area contributed by atoms with Crippen molar-refractivity contribution < 1.29 is 5.11 Å². The van der Waals surface area contributed by atoms with Gasteiger partial charge in [0.25, 0.3) is 0 Å². The minimum absolute atomic E-state index is 0.0211. The molecule has 0 amide bonds. The van der Waals surface area contributed by atoms with Crippen molar-refractivity contribution in [2.75, 3.05) is 0 Å². The molecule has 30 heavy (non-hydrogen) atoms. The van der Waals surface area contributed by atoms with Crippen LogP contribution in [-0.2, 0) is 0 Å². The number of aliphatic hydroxyl groups excluding tert-OH is 1. The summed E-state index contributed by atoms with van der Waals surface area (Å²) in [6, 6.07) is 0. The summed E-state index contributed by atoms with van der Waals surface area (Å²) >= 11 is 0. The Balaban J connectivity index is 1.38. The maximum absolute atomic E-state index is 10.4. The van der Waals surface area contributed by atoms with Gasteiger partial charge in [-0.1, -0.05) is 66.0 Å². The van der Waals surface area contributed by atoms with Crippen LogP contribution in [0.15, 0.2) is 11.6 Å². The van der Waals surface area contributed by atoms with Gasteiger partial charge in [0, 0.05) is 0 Å². The van der Waals surface area contributed by atoms with E-state index >= 15 is 0 Å². The second-order valence-corrected chi connectivity index (χ2v) is 13.6. The van der Waals surface area contributed by atoms with Gasteiger partial charge in [-0.2, -0.15) is 0 Å². The van der Waals surface area contributed by atoms with E-state index in [-0.39, 0.29) is 6.10 Å². The van der Waals surface area contributed by atoms with Crippen LogP contribution in [0.5, 0.6) is 0 Å². The van der Waals surface area contributed by atoms with Crippen LogP contribution in [-0.4, -0.2) is 11.2 Å². The van der Waals surface area contributed by atoms with E-state index in [1.165, 1.54) is 57.8 Å². The molecule has 0 spiro atoms. The average Bonchev–Trinajstić information content (AvgIpc) is 3.30. The molecule has 1 N–H and O–H groups in total. The second-order valence-electron chi connectivity index (χ2n) is 13.6. The SMILES string of the molecule is CC(C)[C@@H](C)CC[C@@H](C)[C@H]1CC[C@@]2(C)[C@@H]3CC[C@]45C[C@@H](O)CC[C@]4(C5)C3=CC[C@]12C. The van der Waals surface area contributed by atoms with Crippen LogP contribution < -0.4 is 0 Å². The highest BCUT2D eigenvalue weighted by atomic mass is 16.3. The fraction of sp³-hybridized carbons (Fsp3) is 0.931. The van der Waals surface area contributed by atoms with Crippen molar-refractivity contribution in [1.82, 2.24) is 0 Å². The number of rotatable bonds is 5. The third kappa shape index (κ3) is 2.69. The molecule has 1 nitrogen and oxygen atoms in total. The predicted molar refractivity (Wildman–Crippen MR) is 126 cm³/mol. The third-order valence-corrected chi connectivity index (χ3v) is 12.4. The molecule has 0 aliphatic heterocycles. The molecule has 5 rings (SSSR count). The van der Waals surface area contributed by atoms with Gasteiger partial charge >= 0.3 is 0 Å². The van der Waals surface area contributed by atoms with E-state index in [1.54, 1.807) is 0 Å². The van der Waals surface area contributed by atoms with E-state index < -0.39 is 0 Å². The molecule has 0 radical (unpaired) electrons. The van der Waals surface area contributed by atoms with Gasteiger partial charge in [0.05, 0.1) is 6.10 Å². The van der Waals surface area contributed by atoms with E-state index in [0.717, 1.165) is 42.4 Å². The summed E-state index contributed by atoms with van der Waals surface area (Å²) in [5.74, 6) is 4.26. The Morgan fingerprint density at radius 2 is 1.73 bits per heavy atom. The van der Waals surface area contributed by atoms with Crippen LogP contribution in [0.3, 0.4) is 0 Å². The molecule has 5 aliphatic rings. The zero-order valence-electron chi connectivity index (χ0n) is 20.8. The third-order valence-electron chi connectivity index (χ3n) is 12.4. The second kappa shape index (κ2) is 6.85. The van der Waals surface area contributed by atoms with Crippen molar-refractivity contribution in [3.05, 3.63) is 11.6 Å². The van der Waals surface area contributed by atoms with Crippen molar-refractivity contribution in [3.63, 3.8) is 0 Å². The van der Waals surface area contributed by atoms with E-state index in [2.05, 4.69) is 47.6 Å². The molecule has 170 valence electrons. The van der Waals surface area contributed by atoms with Gasteiger partial charge in [-0.15, -0.1) is 0 Å². The topological polar surface area (TPSA) is 20.2 Å². The normalized spacial score (nSPS) is 51.3. The molecule has 0 aromatic carbocycles. The van der Waals surface area contributed by atoms with Gasteiger partial charge in [0.15, 0.2) is 0 Å². The Labute approximate surface area is 186 Å². The van der Waals surface area contributed by atoms with Crippen LogP contribution in [0.1, 0.15) is 112 Å². The molecular formula is C29H48O. The van der Waals surface area contributed by atoms with E-state index in [0.29, 0.717) is 21.7 Å². The van der Waals surface area contributed by atoms with Gasteiger partial charge in [0.1, 0.15) is 0 Å². The first-order valence-electron chi connectivity index (χ1n) is 13.5. The lowest BCUT2D eigenvalue weighted by Gasteiger charge is -2.58. The lowest BCUT2D eigenvalue weighted by Crippen LogP contribution is -2.50. The molecule has 0 saturated heterocycles. The predicted octanol–water partition coefficient (Wildman–Crippen LogP) is 7.78. The lowest BCUT2D eigenvalue weighted by atomic mass is 9.47. The molecule has 0 bridgehead atoms. The summed E-state index contributed by atoms with van der Waals surface area (Å²) in [6.45, 7) is 15.2. The number of aliphatic hydroxyl groups is 1. The highest BCUT2D eigenvalue weighted by molar-refractivity contribution is 5.41. The van der Waals surface area contributed by atoms with Gasteiger partial charge in [-0.25, -0.2) is 0 Å². The van der Waals surface area contributed by atoms with Gasteiger partial charge in [0.2, 0.25) is 0 Å². The molecule has 0 heterocycles. The molecule has 9 atom stereocenters. The quantitative estimate of drug-likeness (QED) is 0.457. The number of allylic oxidation sites excluding steroid dienone is 2. The summed E-state index contributed by atoms with van der Waals surface area (Å²) in [5, 5.41) is 10.4. The maximum atomic E-state index is 10.4. The van der Waals surface area contributed by atoms with Crippen molar-refractivity contribution >= 4 is 0 Å². The molecule has 1 heteroatoms. The smallest absolute Gasteiger partial charge is 0.0546 e. The van der Waals surface area contributed by atoms with Gasteiger partial charge in [-0.05, 0) is 109 Å². The minimum atomic E-state index is -0.0211. The number of fused-ring (bicyclic) bond motifs is 3. The number of hydrogen-bond donors (Lipinski definition) is 1. The van der Waals surface area contributed by atoms with Crippen LogP contribution in [0, 0.1) is 51.2 Å². The van der Waals surface area contributed by atoms with E-state index in [4.69, 9.17) is 0 Å². The zero-order valence-corrected chi connectivity index (χ0v) is 20.8. The monoisotopic (exact) mass is 412 g/mol. The fourth-order valence-corrected chi connectivity index (χ4v) is 9.75. The first kappa shape index (κ1) is 21.5. The lowest BCUT2D eigenvalue weighted by molar-refractivity contribution is -0.0342.